The molecule has 0 unspecified atom stereocenters. The van der Waals surface area contributed by atoms with Gasteiger partial charge in [0.05, 0.1) is 11.6 Å². The molecule has 4 aromatic rings. The van der Waals surface area contributed by atoms with Crippen LogP contribution >= 0.6 is 22.7 Å². The average Bonchev–Trinajstić information content (AvgIpc) is 3.12. The van der Waals surface area contributed by atoms with Gasteiger partial charge in [0.25, 0.3) is 0 Å². The van der Waals surface area contributed by atoms with Crippen LogP contribution in [0.1, 0.15) is 5.56 Å². The fourth-order valence-corrected chi connectivity index (χ4v) is 4.29. The van der Waals surface area contributed by atoms with Crippen molar-refractivity contribution in [2.75, 3.05) is 0 Å². The Morgan fingerprint density at radius 1 is 0.950 bits per heavy atom. The fraction of sp³-hybridized carbons (Fsp3) is 0. The molecule has 0 N–H and O–H groups in total. The highest BCUT2D eigenvalue weighted by molar-refractivity contribution is 7.18. The first-order valence-electron chi connectivity index (χ1n) is 6.25. The molecule has 20 heavy (non-hydrogen) atoms. The Morgan fingerprint density at radius 2 is 1.90 bits per heavy atom. The summed E-state index contributed by atoms with van der Waals surface area (Å²) in [6, 6.07) is 16.9. The second-order valence-corrected chi connectivity index (χ2v) is 6.47. The van der Waals surface area contributed by atoms with Crippen molar-refractivity contribution >= 4 is 42.8 Å². The summed E-state index contributed by atoms with van der Waals surface area (Å²) in [5.41, 5.74) is 3.10. The smallest absolute Gasteiger partial charge is 0.0998 e. The van der Waals surface area contributed by atoms with Crippen molar-refractivity contribution in [2.24, 2.45) is 0 Å². The van der Waals surface area contributed by atoms with Gasteiger partial charge in [-0.25, -0.2) is 0 Å². The van der Waals surface area contributed by atoms with Gasteiger partial charge in [0.2, 0.25) is 0 Å². The highest BCUT2D eigenvalue weighted by Gasteiger charge is 2.11. The van der Waals surface area contributed by atoms with E-state index in [1.165, 1.54) is 20.3 Å². The van der Waals surface area contributed by atoms with Crippen LogP contribution in [-0.2, 0) is 0 Å². The van der Waals surface area contributed by atoms with Crippen LogP contribution in [0.25, 0.3) is 31.3 Å². The van der Waals surface area contributed by atoms with Gasteiger partial charge < -0.3 is 0 Å². The number of nitriles is 1. The van der Waals surface area contributed by atoms with E-state index in [1.807, 2.05) is 12.1 Å². The standard InChI is InChI=1S/C17H9NS2/c18-9-13-2-1-3-16-17(13)14(10-20-16)11-4-5-15-12(8-11)6-7-19-15/h1-8,10H. The van der Waals surface area contributed by atoms with E-state index in [9.17, 15) is 5.26 Å². The molecule has 0 saturated heterocycles. The molecule has 0 spiro atoms. The van der Waals surface area contributed by atoms with Gasteiger partial charge in [-0.3, -0.25) is 0 Å². The van der Waals surface area contributed by atoms with Gasteiger partial charge in [-0.2, -0.15) is 5.26 Å². The maximum atomic E-state index is 9.32. The lowest BCUT2D eigenvalue weighted by Gasteiger charge is -2.02. The molecule has 2 aromatic heterocycles. The third kappa shape index (κ3) is 1.66. The predicted octanol–water partition coefficient (Wildman–Crippen LogP) is 5.65. The molecule has 4 rings (SSSR count). The SMILES string of the molecule is N#Cc1cccc2scc(-c3ccc4sccc4c3)c12. The quantitative estimate of drug-likeness (QED) is 0.444. The average molecular weight is 291 g/mol. The zero-order chi connectivity index (χ0) is 13.5. The van der Waals surface area contributed by atoms with Crippen LogP contribution < -0.4 is 0 Å². The first-order valence-corrected chi connectivity index (χ1v) is 8.01. The molecule has 0 aliphatic carbocycles. The molecule has 0 aliphatic heterocycles. The van der Waals surface area contributed by atoms with Crippen molar-refractivity contribution in [1.29, 1.82) is 5.26 Å². The van der Waals surface area contributed by atoms with Crippen LogP contribution in [0.2, 0.25) is 0 Å². The molecule has 0 atom stereocenters. The number of nitrogens with zero attached hydrogens (tertiary/aromatic N) is 1. The second kappa shape index (κ2) is 4.45. The topological polar surface area (TPSA) is 23.8 Å². The molecule has 3 heteroatoms. The lowest BCUT2D eigenvalue weighted by Crippen LogP contribution is -1.79. The molecule has 0 saturated carbocycles. The van der Waals surface area contributed by atoms with E-state index in [4.69, 9.17) is 0 Å². The third-order valence-corrected chi connectivity index (χ3v) is 5.33. The van der Waals surface area contributed by atoms with Crippen molar-refractivity contribution < 1.29 is 0 Å². The summed E-state index contributed by atoms with van der Waals surface area (Å²) < 4.78 is 2.47. The largest absolute Gasteiger partial charge is 0.192 e. The van der Waals surface area contributed by atoms with Crippen LogP contribution in [0.5, 0.6) is 0 Å². The third-order valence-electron chi connectivity index (χ3n) is 3.48. The van der Waals surface area contributed by atoms with Crippen LogP contribution in [0.15, 0.2) is 53.2 Å². The summed E-state index contributed by atoms with van der Waals surface area (Å²) in [4.78, 5) is 0. The van der Waals surface area contributed by atoms with Gasteiger partial charge >= 0.3 is 0 Å². The maximum Gasteiger partial charge on any atom is 0.0998 e. The van der Waals surface area contributed by atoms with Crippen molar-refractivity contribution in [1.82, 2.24) is 0 Å². The highest BCUT2D eigenvalue weighted by Crippen LogP contribution is 2.37. The van der Waals surface area contributed by atoms with Gasteiger partial charge in [-0.15, -0.1) is 22.7 Å². The normalized spacial score (nSPS) is 10.9. The van der Waals surface area contributed by atoms with Gasteiger partial charge in [0, 0.05) is 20.3 Å². The number of hydrogen-bond donors (Lipinski definition) is 0. The monoisotopic (exact) mass is 291 g/mol. The minimum absolute atomic E-state index is 0.754. The molecular formula is C17H9NS2. The van der Waals surface area contributed by atoms with E-state index in [0.717, 1.165) is 16.5 Å². The zero-order valence-corrected chi connectivity index (χ0v) is 12.1. The molecule has 94 valence electrons. The van der Waals surface area contributed by atoms with E-state index in [2.05, 4.69) is 47.2 Å². The van der Waals surface area contributed by atoms with Crippen molar-refractivity contribution in [3.05, 3.63) is 58.8 Å². The maximum absolute atomic E-state index is 9.32. The van der Waals surface area contributed by atoms with Crippen LogP contribution in [0, 0.1) is 11.3 Å². The van der Waals surface area contributed by atoms with E-state index in [-0.39, 0.29) is 0 Å². The number of thiophene rings is 2. The van der Waals surface area contributed by atoms with Crippen molar-refractivity contribution in [3.63, 3.8) is 0 Å². The summed E-state index contributed by atoms with van der Waals surface area (Å²) in [6.45, 7) is 0. The molecule has 0 radical (unpaired) electrons. The van der Waals surface area contributed by atoms with Gasteiger partial charge in [0.1, 0.15) is 0 Å². The molecule has 1 nitrogen and oxygen atoms in total. The summed E-state index contributed by atoms with van der Waals surface area (Å²) in [5.74, 6) is 0. The summed E-state index contributed by atoms with van der Waals surface area (Å²) in [6.07, 6.45) is 0. The van der Waals surface area contributed by atoms with E-state index in [0.29, 0.717) is 0 Å². The van der Waals surface area contributed by atoms with E-state index >= 15 is 0 Å². The van der Waals surface area contributed by atoms with Gasteiger partial charge in [-0.05, 0) is 52.0 Å². The summed E-state index contributed by atoms with van der Waals surface area (Å²) >= 11 is 3.45. The van der Waals surface area contributed by atoms with Gasteiger partial charge in [-0.1, -0.05) is 12.1 Å². The number of benzene rings is 2. The van der Waals surface area contributed by atoms with E-state index < -0.39 is 0 Å². The molecule has 0 bridgehead atoms. The Morgan fingerprint density at radius 3 is 2.80 bits per heavy atom. The van der Waals surface area contributed by atoms with Crippen LogP contribution in [-0.4, -0.2) is 0 Å². The Kier molecular flexibility index (Phi) is 2.59. The summed E-state index contributed by atoms with van der Waals surface area (Å²) in [5, 5.41) is 15.9. The molecule has 0 amide bonds. The number of hydrogen-bond acceptors (Lipinski definition) is 3. The Labute approximate surface area is 124 Å². The molecule has 0 aliphatic rings. The van der Waals surface area contributed by atoms with Crippen molar-refractivity contribution in [3.8, 4) is 17.2 Å². The van der Waals surface area contributed by atoms with E-state index in [1.54, 1.807) is 22.7 Å². The second-order valence-electron chi connectivity index (χ2n) is 4.61. The highest BCUT2D eigenvalue weighted by atomic mass is 32.1. The minimum atomic E-state index is 0.754. The lowest BCUT2D eigenvalue weighted by atomic mass is 10.0. The number of rotatable bonds is 1. The van der Waals surface area contributed by atoms with Crippen LogP contribution in [0.4, 0.5) is 0 Å². The van der Waals surface area contributed by atoms with Gasteiger partial charge in [0.15, 0.2) is 0 Å². The molecule has 2 heterocycles. The Hall–Kier alpha value is -2.15. The fourth-order valence-electron chi connectivity index (χ4n) is 2.53. The predicted molar refractivity (Wildman–Crippen MR) is 87.4 cm³/mol. The van der Waals surface area contributed by atoms with Crippen LogP contribution in [0.3, 0.4) is 0 Å². The first kappa shape index (κ1) is 11.7. The molecule has 2 aromatic carbocycles. The Bertz CT molecular complexity index is 969. The first-order chi connectivity index (χ1) is 9.86. The lowest BCUT2D eigenvalue weighted by molar-refractivity contribution is 1.51. The molecular weight excluding hydrogens is 282 g/mol. The zero-order valence-electron chi connectivity index (χ0n) is 10.5. The minimum Gasteiger partial charge on any atom is -0.192 e. The Balaban J connectivity index is 2.04. The molecule has 0 fully saturated rings. The summed E-state index contributed by atoms with van der Waals surface area (Å²) in [7, 11) is 0. The number of fused-ring (bicyclic) bond motifs is 2. The van der Waals surface area contributed by atoms with Crippen molar-refractivity contribution in [2.45, 2.75) is 0 Å².